The molecule has 0 aromatic heterocycles. The molecule has 1 heteroatoms. The van der Waals surface area contributed by atoms with Crippen LogP contribution < -0.4 is 4.74 Å². The van der Waals surface area contributed by atoms with Crippen LogP contribution in [-0.2, 0) is 10.8 Å². The van der Waals surface area contributed by atoms with Gasteiger partial charge in [0.25, 0.3) is 0 Å². The van der Waals surface area contributed by atoms with E-state index in [1.54, 1.807) is 0 Å². The summed E-state index contributed by atoms with van der Waals surface area (Å²) in [5.74, 6) is 1.04. The Morgan fingerprint density at radius 2 is 1.52 bits per heavy atom. The van der Waals surface area contributed by atoms with Gasteiger partial charge in [-0.15, -0.1) is 0 Å². The molecule has 0 N–H and O–H groups in total. The maximum atomic E-state index is 6.43. The van der Waals surface area contributed by atoms with E-state index in [1.165, 1.54) is 22.3 Å². The van der Waals surface area contributed by atoms with Crippen LogP contribution in [0.2, 0.25) is 0 Å². The van der Waals surface area contributed by atoms with Gasteiger partial charge in [0.1, 0.15) is 5.75 Å². The number of hydrogen-bond acceptors (Lipinski definition) is 1. The Bertz CT molecular complexity index is 714. The van der Waals surface area contributed by atoms with Gasteiger partial charge in [-0.05, 0) is 35.3 Å². The maximum absolute atomic E-state index is 6.43. The van der Waals surface area contributed by atoms with Gasteiger partial charge in [-0.1, -0.05) is 90.9 Å². The molecule has 2 aromatic carbocycles. The molecule has 2 aromatic rings. The first-order chi connectivity index (χ1) is 11.5. The highest BCUT2D eigenvalue weighted by atomic mass is 16.5. The van der Waals surface area contributed by atoms with Gasteiger partial charge < -0.3 is 4.74 Å². The Balaban J connectivity index is 2.65. The third kappa shape index (κ3) is 4.66. The lowest BCUT2D eigenvalue weighted by molar-refractivity contribution is 0.213. The van der Waals surface area contributed by atoms with Crippen LogP contribution in [0.15, 0.2) is 42.5 Å². The molecule has 0 heterocycles. The molecule has 0 aliphatic rings. The largest absolute Gasteiger partial charge is 0.490 e. The average molecular weight is 339 g/mol. The lowest BCUT2D eigenvalue weighted by Gasteiger charge is -2.27. The van der Waals surface area contributed by atoms with E-state index in [0.717, 1.165) is 12.2 Å². The van der Waals surface area contributed by atoms with Crippen molar-refractivity contribution in [3.05, 3.63) is 53.6 Å². The van der Waals surface area contributed by atoms with Crippen LogP contribution in [0.25, 0.3) is 11.1 Å². The summed E-state index contributed by atoms with van der Waals surface area (Å²) < 4.78 is 6.43. The van der Waals surface area contributed by atoms with Gasteiger partial charge in [0.05, 0.1) is 6.10 Å². The van der Waals surface area contributed by atoms with Crippen LogP contribution >= 0.6 is 0 Å². The van der Waals surface area contributed by atoms with Crippen LogP contribution in [0.3, 0.4) is 0 Å². The predicted octanol–water partition coefficient (Wildman–Crippen LogP) is 7.13. The fourth-order valence-corrected chi connectivity index (χ4v) is 2.92. The quantitative estimate of drug-likeness (QED) is 0.576. The molecular weight excluding hydrogens is 304 g/mol. The van der Waals surface area contributed by atoms with Crippen molar-refractivity contribution in [2.24, 2.45) is 0 Å². The molecule has 25 heavy (non-hydrogen) atoms. The fraction of sp³-hybridized carbons (Fsp3) is 0.500. The molecule has 0 radical (unpaired) electrons. The highest BCUT2D eigenvalue weighted by molar-refractivity contribution is 5.73. The van der Waals surface area contributed by atoms with E-state index in [1.807, 2.05) is 0 Å². The summed E-state index contributed by atoms with van der Waals surface area (Å²) in [4.78, 5) is 0. The van der Waals surface area contributed by atoms with Gasteiger partial charge in [-0.25, -0.2) is 0 Å². The zero-order valence-corrected chi connectivity index (χ0v) is 17.2. The molecule has 1 atom stereocenters. The van der Waals surface area contributed by atoms with Crippen LogP contribution in [0.5, 0.6) is 5.75 Å². The summed E-state index contributed by atoms with van der Waals surface area (Å²) in [7, 11) is 0. The normalized spacial score (nSPS) is 13.6. The number of para-hydroxylation sites is 1. The summed E-state index contributed by atoms with van der Waals surface area (Å²) >= 11 is 0. The van der Waals surface area contributed by atoms with E-state index in [-0.39, 0.29) is 16.9 Å². The van der Waals surface area contributed by atoms with Gasteiger partial charge >= 0.3 is 0 Å². The highest BCUT2D eigenvalue weighted by Gasteiger charge is 2.23. The Morgan fingerprint density at radius 3 is 2.08 bits per heavy atom. The first-order valence-corrected chi connectivity index (χ1v) is 9.45. The molecule has 0 spiro atoms. The Labute approximate surface area is 154 Å². The molecule has 1 nitrogen and oxygen atoms in total. The van der Waals surface area contributed by atoms with E-state index >= 15 is 0 Å². The first-order valence-electron chi connectivity index (χ1n) is 9.45. The van der Waals surface area contributed by atoms with Crippen LogP contribution in [0.1, 0.15) is 72.9 Å². The van der Waals surface area contributed by atoms with Gasteiger partial charge in [-0.3, -0.25) is 0 Å². The molecular formula is C24H34O. The average Bonchev–Trinajstić information content (AvgIpc) is 2.53. The highest BCUT2D eigenvalue weighted by Crippen LogP contribution is 2.40. The van der Waals surface area contributed by atoms with Crippen LogP contribution in [0.4, 0.5) is 0 Å². The number of benzene rings is 2. The van der Waals surface area contributed by atoms with Crippen molar-refractivity contribution in [2.45, 2.75) is 78.7 Å². The second kappa shape index (κ2) is 7.23. The number of rotatable bonds is 4. The first kappa shape index (κ1) is 19.6. The third-order valence-electron chi connectivity index (χ3n) is 4.76. The maximum Gasteiger partial charge on any atom is 0.131 e. The van der Waals surface area contributed by atoms with Crippen molar-refractivity contribution in [3.63, 3.8) is 0 Å². The molecule has 0 saturated carbocycles. The fourth-order valence-electron chi connectivity index (χ4n) is 2.92. The lowest BCUT2D eigenvalue weighted by atomic mass is 9.82. The Hall–Kier alpha value is -1.76. The standard InChI is InChI=1S/C24H34O/c1-9-17(2)25-22-20(14-11-15-21(22)24(6,7)8)18-12-10-13-19(16-18)23(3,4)5/h10-17H,9H2,1-8H3. The molecule has 0 fully saturated rings. The van der Waals surface area contributed by atoms with Gasteiger partial charge in [0.2, 0.25) is 0 Å². The summed E-state index contributed by atoms with van der Waals surface area (Å²) in [6.07, 6.45) is 1.20. The zero-order chi connectivity index (χ0) is 18.8. The molecule has 0 saturated heterocycles. The molecule has 0 aliphatic heterocycles. The van der Waals surface area contributed by atoms with E-state index in [4.69, 9.17) is 4.74 Å². The topological polar surface area (TPSA) is 9.23 Å². The van der Waals surface area contributed by atoms with Crippen molar-refractivity contribution in [1.29, 1.82) is 0 Å². The van der Waals surface area contributed by atoms with Crippen molar-refractivity contribution < 1.29 is 4.74 Å². The molecule has 0 bridgehead atoms. The van der Waals surface area contributed by atoms with E-state index in [0.29, 0.717) is 0 Å². The SMILES string of the molecule is CCC(C)Oc1c(-c2cccc(C(C)(C)C)c2)cccc1C(C)(C)C. The monoisotopic (exact) mass is 338 g/mol. The van der Waals surface area contributed by atoms with E-state index in [2.05, 4.69) is 97.9 Å². The van der Waals surface area contributed by atoms with Crippen molar-refractivity contribution in [1.82, 2.24) is 0 Å². The number of hydrogen-bond donors (Lipinski definition) is 0. The van der Waals surface area contributed by atoms with E-state index < -0.39 is 0 Å². The summed E-state index contributed by atoms with van der Waals surface area (Å²) in [5, 5.41) is 0. The third-order valence-corrected chi connectivity index (χ3v) is 4.76. The summed E-state index contributed by atoms with van der Waals surface area (Å²) in [5.41, 5.74) is 5.22. The molecule has 0 amide bonds. The minimum atomic E-state index is 0.0421. The number of ether oxygens (including phenoxy) is 1. The van der Waals surface area contributed by atoms with Crippen molar-refractivity contribution >= 4 is 0 Å². The van der Waals surface area contributed by atoms with Gasteiger partial charge in [-0.2, -0.15) is 0 Å². The lowest BCUT2D eigenvalue weighted by Crippen LogP contribution is -2.18. The Kier molecular flexibility index (Phi) is 5.66. The van der Waals surface area contributed by atoms with Crippen LogP contribution in [-0.4, -0.2) is 6.10 Å². The predicted molar refractivity (Wildman–Crippen MR) is 110 cm³/mol. The summed E-state index contributed by atoms with van der Waals surface area (Å²) in [6, 6.07) is 15.4. The zero-order valence-electron chi connectivity index (χ0n) is 17.2. The van der Waals surface area contributed by atoms with Crippen LogP contribution in [0, 0.1) is 0 Å². The Morgan fingerprint density at radius 1 is 0.880 bits per heavy atom. The summed E-state index contributed by atoms with van der Waals surface area (Å²) in [6.45, 7) is 17.8. The molecule has 1 unspecified atom stereocenters. The minimum Gasteiger partial charge on any atom is -0.490 e. The van der Waals surface area contributed by atoms with Crippen molar-refractivity contribution in [2.75, 3.05) is 0 Å². The second-order valence-corrected chi connectivity index (χ2v) is 9.10. The van der Waals surface area contributed by atoms with Crippen molar-refractivity contribution in [3.8, 4) is 16.9 Å². The smallest absolute Gasteiger partial charge is 0.131 e. The van der Waals surface area contributed by atoms with Gasteiger partial charge in [0, 0.05) is 11.1 Å². The minimum absolute atomic E-state index is 0.0421. The van der Waals surface area contributed by atoms with E-state index in [9.17, 15) is 0 Å². The van der Waals surface area contributed by atoms with Gasteiger partial charge in [0.15, 0.2) is 0 Å². The second-order valence-electron chi connectivity index (χ2n) is 9.10. The molecule has 136 valence electrons. The molecule has 2 rings (SSSR count). The molecule has 0 aliphatic carbocycles.